The summed E-state index contributed by atoms with van der Waals surface area (Å²) in [5.41, 5.74) is 3.01. The van der Waals surface area contributed by atoms with E-state index in [-0.39, 0.29) is 24.5 Å². The number of carbonyl (C=O) groups excluding carboxylic acids is 2. The monoisotopic (exact) mass is 471 g/mol. The van der Waals surface area contributed by atoms with Gasteiger partial charge < -0.3 is 14.5 Å². The summed E-state index contributed by atoms with van der Waals surface area (Å²) in [5, 5.41) is 11.0. The molecule has 0 N–H and O–H groups in total. The summed E-state index contributed by atoms with van der Waals surface area (Å²) in [6.45, 7) is 4.63. The fraction of sp³-hybridized carbons (Fsp3) is 0.364. The van der Waals surface area contributed by atoms with Gasteiger partial charge in [0.15, 0.2) is 5.69 Å². The van der Waals surface area contributed by atoms with Crippen LogP contribution in [0.3, 0.4) is 0 Å². The van der Waals surface area contributed by atoms with E-state index in [0.29, 0.717) is 49.1 Å². The van der Waals surface area contributed by atoms with Gasteiger partial charge in [0.1, 0.15) is 6.10 Å². The molecule has 5 rings (SSSR count). The average Bonchev–Trinajstić information content (AvgIpc) is 3.44. The third kappa shape index (κ3) is 3.92. The molecule has 0 saturated carbocycles. The van der Waals surface area contributed by atoms with E-state index in [1.807, 2.05) is 47.5 Å². The van der Waals surface area contributed by atoms with Crippen LogP contribution in [-0.4, -0.2) is 62.8 Å². The molecule has 0 aliphatic carbocycles. The zero-order valence-electron chi connectivity index (χ0n) is 17.5. The van der Waals surface area contributed by atoms with E-state index >= 15 is 0 Å². The SMILES string of the molecule is Cc1ccsc1C(=O)N1CCN(C(=O)c2nnn3c2COC(c2ccc(Cl)cc2)C3)CC1. The molecule has 0 radical (unpaired) electrons. The van der Waals surface area contributed by atoms with Gasteiger partial charge in [-0.25, -0.2) is 4.68 Å². The fourth-order valence-corrected chi connectivity index (χ4v) is 5.07. The summed E-state index contributed by atoms with van der Waals surface area (Å²) in [7, 11) is 0. The lowest BCUT2D eigenvalue weighted by atomic mass is 10.1. The van der Waals surface area contributed by atoms with Crippen LogP contribution in [0.1, 0.15) is 43.1 Å². The third-order valence-electron chi connectivity index (χ3n) is 5.95. The minimum Gasteiger partial charge on any atom is -0.365 e. The van der Waals surface area contributed by atoms with Crippen LogP contribution in [0.2, 0.25) is 5.02 Å². The topological polar surface area (TPSA) is 80.6 Å². The quantitative estimate of drug-likeness (QED) is 0.586. The highest BCUT2D eigenvalue weighted by atomic mass is 35.5. The van der Waals surface area contributed by atoms with Crippen molar-refractivity contribution < 1.29 is 14.3 Å². The Morgan fingerprint density at radius 3 is 2.41 bits per heavy atom. The first-order valence-corrected chi connectivity index (χ1v) is 11.7. The molecule has 1 fully saturated rings. The molecule has 8 nitrogen and oxygen atoms in total. The van der Waals surface area contributed by atoms with Crippen molar-refractivity contribution in [3.63, 3.8) is 0 Å². The van der Waals surface area contributed by atoms with E-state index in [9.17, 15) is 9.59 Å². The standard InChI is InChI=1S/C22H22ClN5O3S/c1-14-6-11-32-20(14)22(30)27-9-7-26(8-10-27)21(29)19-17-13-31-18(12-28(17)25-24-19)15-2-4-16(23)5-3-15/h2-6,11,18H,7-10,12-13H2,1H3. The molecule has 0 spiro atoms. The van der Waals surface area contributed by atoms with Crippen LogP contribution in [-0.2, 0) is 17.9 Å². The van der Waals surface area contributed by atoms with Crippen molar-refractivity contribution in [2.75, 3.05) is 26.2 Å². The highest BCUT2D eigenvalue weighted by molar-refractivity contribution is 7.12. The van der Waals surface area contributed by atoms with Crippen molar-refractivity contribution in [1.29, 1.82) is 0 Å². The molecule has 2 aliphatic heterocycles. The molecule has 2 aliphatic rings. The predicted molar refractivity (Wildman–Crippen MR) is 120 cm³/mol. The molecule has 1 unspecified atom stereocenters. The van der Waals surface area contributed by atoms with Crippen molar-refractivity contribution in [3.8, 4) is 0 Å². The number of amides is 2. The van der Waals surface area contributed by atoms with Gasteiger partial charge in [-0.1, -0.05) is 28.9 Å². The zero-order chi connectivity index (χ0) is 22.2. The molecule has 0 bridgehead atoms. The molecule has 4 heterocycles. The Hall–Kier alpha value is -2.75. The summed E-state index contributed by atoms with van der Waals surface area (Å²) in [6.07, 6.45) is -0.167. The number of hydrogen-bond donors (Lipinski definition) is 0. The molecule has 10 heteroatoms. The largest absolute Gasteiger partial charge is 0.365 e. The normalized spacial score (nSPS) is 18.5. The number of benzene rings is 1. The summed E-state index contributed by atoms with van der Waals surface area (Å²) < 4.78 is 7.75. The maximum atomic E-state index is 13.1. The van der Waals surface area contributed by atoms with Crippen molar-refractivity contribution in [2.45, 2.75) is 26.2 Å². The first-order valence-electron chi connectivity index (χ1n) is 10.4. The van der Waals surface area contributed by atoms with Gasteiger partial charge in [0.25, 0.3) is 11.8 Å². The Bertz CT molecular complexity index is 1150. The van der Waals surface area contributed by atoms with Crippen molar-refractivity contribution >= 4 is 34.8 Å². The van der Waals surface area contributed by atoms with Crippen molar-refractivity contribution in [2.24, 2.45) is 0 Å². The van der Waals surface area contributed by atoms with E-state index in [0.717, 1.165) is 16.0 Å². The van der Waals surface area contributed by atoms with Gasteiger partial charge in [-0.3, -0.25) is 9.59 Å². The van der Waals surface area contributed by atoms with Gasteiger partial charge in [0, 0.05) is 31.2 Å². The van der Waals surface area contributed by atoms with Gasteiger partial charge in [0.2, 0.25) is 0 Å². The number of rotatable bonds is 3. The maximum absolute atomic E-state index is 13.1. The number of nitrogens with zero attached hydrogens (tertiary/aromatic N) is 5. The summed E-state index contributed by atoms with van der Waals surface area (Å²) in [6, 6.07) is 9.47. The molecule has 166 valence electrons. The Labute approximate surface area is 194 Å². The van der Waals surface area contributed by atoms with Gasteiger partial charge in [0.05, 0.1) is 23.7 Å². The first kappa shape index (κ1) is 21.1. The highest BCUT2D eigenvalue weighted by Crippen LogP contribution is 2.28. The number of fused-ring (bicyclic) bond motifs is 1. The summed E-state index contributed by atoms with van der Waals surface area (Å²) in [5.74, 6) is -0.133. The van der Waals surface area contributed by atoms with Crippen LogP contribution in [0.25, 0.3) is 0 Å². The number of ether oxygens (including phenoxy) is 1. The average molecular weight is 472 g/mol. The Morgan fingerprint density at radius 1 is 1.06 bits per heavy atom. The maximum Gasteiger partial charge on any atom is 0.276 e. The summed E-state index contributed by atoms with van der Waals surface area (Å²) >= 11 is 7.43. The second kappa shape index (κ2) is 8.65. The van der Waals surface area contributed by atoms with Crippen LogP contribution in [0.15, 0.2) is 35.7 Å². The zero-order valence-corrected chi connectivity index (χ0v) is 19.1. The molecule has 3 aromatic rings. The third-order valence-corrected chi connectivity index (χ3v) is 7.21. The molecule has 1 saturated heterocycles. The predicted octanol–water partition coefficient (Wildman–Crippen LogP) is 3.17. The van der Waals surface area contributed by atoms with Crippen LogP contribution < -0.4 is 0 Å². The molecule has 32 heavy (non-hydrogen) atoms. The van der Waals surface area contributed by atoms with E-state index in [2.05, 4.69) is 10.3 Å². The number of aromatic nitrogens is 3. The van der Waals surface area contributed by atoms with Gasteiger partial charge in [-0.15, -0.1) is 16.4 Å². The van der Waals surface area contributed by atoms with Crippen molar-refractivity contribution in [1.82, 2.24) is 24.8 Å². The molecule has 2 amide bonds. The second-order valence-corrected chi connectivity index (χ2v) is 9.29. The molecular formula is C22H22ClN5O3S. The summed E-state index contributed by atoms with van der Waals surface area (Å²) in [4.78, 5) is 30.2. The minimum absolute atomic E-state index is 0.0345. The van der Waals surface area contributed by atoms with Crippen LogP contribution in [0.4, 0.5) is 0 Å². The van der Waals surface area contributed by atoms with Crippen LogP contribution >= 0.6 is 22.9 Å². The van der Waals surface area contributed by atoms with E-state index < -0.39 is 0 Å². The fourth-order valence-electron chi connectivity index (χ4n) is 4.05. The number of hydrogen-bond acceptors (Lipinski definition) is 6. The number of halogens is 1. The molecule has 1 atom stereocenters. The Balaban J connectivity index is 1.24. The lowest BCUT2D eigenvalue weighted by Gasteiger charge is -2.34. The van der Waals surface area contributed by atoms with E-state index in [4.69, 9.17) is 16.3 Å². The van der Waals surface area contributed by atoms with E-state index in [1.54, 1.807) is 9.58 Å². The lowest BCUT2D eigenvalue weighted by molar-refractivity contribution is -0.00202. The van der Waals surface area contributed by atoms with Crippen LogP contribution in [0, 0.1) is 6.92 Å². The minimum atomic E-state index is -0.167. The lowest BCUT2D eigenvalue weighted by Crippen LogP contribution is -2.50. The second-order valence-electron chi connectivity index (χ2n) is 7.94. The van der Waals surface area contributed by atoms with Crippen LogP contribution in [0.5, 0.6) is 0 Å². The van der Waals surface area contributed by atoms with Gasteiger partial charge in [-0.05, 0) is 41.6 Å². The van der Waals surface area contributed by atoms with Gasteiger partial charge in [-0.2, -0.15) is 0 Å². The Morgan fingerprint density at radius 2 is 1.75 bits per heavy atom. The highest BCUT2D eigenvalue weighted by Gasteiger charge is 2.32. The molecular weight excluding hydrogens is 450 g/mol. The van der Waals surface area contributed by atoms with Crippen molar-refractivity contribution in [3.05, 3.63) is 68.1 Å². The first-order chi connectivity index (χ1) is 15.5. The Kier molecular flexibility index (Phi) is 5.71. The van der Waals surface area contributed by atoms with E-state index in [1.165, 1.54) is 11.3 Å². The smallest absolute Gasteiger partial charge is 0.276 e. The van der Waals surface area contributed by atoms with Gasteiger partial charge >= 0.3 is 0 Å². The number of thiophene rings is 1. The number of piperazine rings is 1. The number of aryl methyl sites for hydroxylation is 1. The molecule has 2 aromatic heterocycles. The molecule has 1 aromatic carbocycles. The number of carbonyl (C=O) groups is 2.